The zero-order valence-electron chi connectivity index (χ0n) is 8.39. The SMILES string of the molecule is C=C(C)Cc1c(C)nc(N)nc1C. The number of rotatable bonds is 2. The van der Waals surface area contributed by atoms with E-state index in [1.54, 1.807) is 0 Å². The van der Waals surface area contributed by atoms with Crippen molar-refractivity contribution >= 4 is 5.95 Å². The summed E-state index contributed by atoms with van der Waals surface area (Å²) < 4.78 is 0. The number of nitrogen functional groups attached to an aromatic ring is 1. The van der Waals surface area contributed by atoms with Crippen molar-refractivity contribution in [2.75, 3.05) is 5.73 Å². The van der Waals surface area contributed by atoms with Crippen molar-refractivity contribution in [3.63, 3.8) is 0 Å². The van der Waals surface area contributed by atoms with Gasteiger partial charge in [0.25, 0.3) is 0 Å². The number of nitrogens with zero attached hydrogens (tertiary/aromatic N) is 2. The predicted octanol–water partition coefficient (Wildman–Crippen LogP) is 1.79. The van der Waals surface area contributed by atoms with Gasteiger partial charge in [-0.05, 0) is 32.8 Å². The fourth-order valence-electron chi connectivity index (χ4n) is 1.32. The summed E-state index contributed by atoms with van der Waals surface area (Å²) >= 11 is 0. The molecule has 1 heterocycles. The Labute approximate surface area is 78.7 Å². The summed E-state index contributed by atoms with van der Waals surface area (Å²) in [6.07, 6.45) is 0.831. The van der Waals surface area contributed by atoms with Crippen LogP contribution in [-0.4, -0.2) is 9.97 Å². The number of hydrogen-bond acceptors (Lipinski definition) is 3. The normalized spacial score (nSPS) is 10.1. The van der Waals surface area contributed by atoms with Crippen LogP contribution < -0.4 is 5.73 Å². The number of aryl methyl sites for hydroxylation is 2. The molecule has 0 fully saturated rings. The standard InChI is InChI=1S/C10H15N3/c1-6(2)5-9-7(3)12-10(11)13-8(9)4/h1,5H2,2-4H3,(H2,11,12,13). The van der Waals surface area contributed by atoms with E-state index < -0.39 is 0 Å². The molecule has 3 heteroatoms. The first-order valence-electron chi connectivity index (χ1n) is 4.24. The second-order valence-electron chi connectivity index (χ2n) is 3.37. The molecular weight excluding hydrogens is 162 g/mol. The van der Waals surface area contributed by atoms with Gasteiger partial charge in [-0.1, -0.05) is 12.2 Å². The van der Waals surface area contributed by atoms with E-state index in [0.717, 1.165) is 28.9 Å². The summed E-state index contributed by atoms with van der Waals surface area (Å²) in [5, 5.41) is 0. The highest BCUT2D eigenvalue weighted by Crippen LogP contribution is 2.14. The molecule has 0 bridgehead atoms. The van der Waals surface area contributed by atoms with Gasteiger partial charge in [-0.2, -0.15) is 0 Å². The highest BCUT2D eigenvalue weighted by molar-refractivity contribution is 5.32. The average molecular weight is 177 g/mol. The molecule has 0 aliphatic heterocycles. The molecule has 0 spiro atoms. The molecule has 2 N–H and O–H groups in total. The van der Waals surface area contributed by atoms with Gasteiger partial charge in [0.15, 0.2) is 0 Å². The molecule has 3 nitrogen and oxygen atoms in total. The van der Waals surface area contributed by atoms with E-state index in [0.29, 0.717) is 5.95 Å². The van der Waals surface area contributed by atoms with E-state index in [9.17, 15) is 0 Å². The molecule has 0 radical (unpaired) electrons. The largest absolute Gasteiger partial charge is 0.368 e. The molecule has 1 rings (SSSR count). The van der Waals surface area contributed by atoms with Crippen LogP contribution in [0, 0.1) is 13.8 Å². The highest BCUT2D eigenvalue weighted by atomic mass is 15.0. The summed E-state index contributed by atoms with van der Waals surface area (Å²) in [5.74, 6) is 0.348. The van der Waals surface area contributed by atoms with E-state index in [-0.39, 0.29) is 0 Å². The van der Waals surface area contributed by atoms with Crippen molar-refractivity contribution < 1.29 is 0 Å². The zero-order valence-corrected chi connectivity index (χ0v) is 8.39. The molecule has 1 aromatic heterocycles. The van der Waals surface area contributed by atoms with E-state index in [1.165, 1.54) is 0 Å². The summed E-state index contributed by atoms with van der Waals surface area (Å²) in [6, 6.07) is 0. The van der Waals surface area contributed by atoms with Crippen LogP contribution in [0.1, 0.15) is 23.9 Å². The number of nitrogens with two attached hydrogens (primary N) is 1. The molecule has 0 aromatic carbocycles. The smallest absolute Gasteiger partial charge is 0.220 e. The van der Waals surface area contributed by atoms with E-state index >= 15 is 0 Å². The van der Waals surface area contributed by atoms with E-state index in [2.05, 4.69) is 16.5 Å². The minimum Gasteiger partial charge on any atom is -0.368 e. The lowest BCUT2D eigenvalue weighted by Crippen LogP contribution is -2.05. The van der Waals surface area contributed by atoms with Crippen LogP contribution in [0.4, 0.5) is 5.95 Å². The first-order valence-corrected chi connectivity index (χ1v) is 4.24. The fraction of sp³-hybridized carbons (Fsp3) is 0.400. The average Bonchev–Trinajstić information content (AvgIpc) is 1.96. The Morgan fingerprint density at radius 3 is 2.15 bits per heavy atom. The van der Waals surface area contributed by atoms with E-state index in [4.69, 9.17) is 5.73 Å². The fourth-order valence-corrected chi connectivity index (χ4v) is 1.32. The number of aromatic nitrogens is 2. The van der Waals surface area contributed by atoms with Crippen LogP contribution in [0.3, 0.4) is 0 Å². The van der Waals surface area contributed by atoms with Crippen molar-refractivity contribution in [3.05, 3.63) is 29.1 Å². The Balaban J connectivity index is 3.13. The van der Waals surface area contributed by atoms with Crippen LogP contribution in [0.2, 0.25) is 0 Å². The van der Waals surface area contributed by atoms with Gasteiger partial charge < -0.3 is 5.73 Å². The molecule has 70 valence electrons. The minimum absolute atomic E-state index is 0.348. The topological polar surface area (TPSA) is 51.8 Å². The van der Waals surface area contributed by atoms with Crippen LogP contribution in [0.15, 0.2) is 12.2 Å². The zero-order chi connectivity index (χ0) is 10.0. The quantitative estimate of drug-likeness (QED) is 0.701. The molecule has 0 unspecified atom stereocenters. The lowest BCUT2D eigenvalue weighted by Gasteiger charge is -2.08. The van der Waals surface area contributed by atoms with Gasteiger partial charge >= 0.3 is 0 Å². The van der Waals surface area contributed by atoms with Gasteiger partial charge in [-0.25, -0.2) is 9.97 Å². The van der Waals surface area contributed by atoms with Gasteiger partial charge in [-0.3, -0.25) is 0 Å². The Morgan fingerprint density at radius 1 is 1.31 bits per heavy atom. The molecule has 0 aliphatic rings. The van der Waals surface area contributed by atoms with Gasteiger partial charge in [0, 0.05) is 11.4 Å². The molecular formula is C10H15N3. The third-order valence-electron chi connectivity index (χ3n) is 1.92. The molecule has 13 heavy (non-hydrogen) atoms. The van der Waals surface area contributed by atoms with Crippen molar-refractivity contribution in [2.45, 2.75) is 27.2 Å². The van der Waals surface area contributed by atoms with Crippen molar-refractivity contribution in [3.8, 4) is 0 Å². The van der Waals surface area contributed by atoms with Crippen LogP contribution in [0.5, 0.6) is 0 Å². The Morgan fingerprint density at radius 2 is 1.77 bits per heavy atom. The summed E-state index contributed by atoms with van der Waals surface area (Å²) in [6.45, 7) is 9.76. The van der Waals surface area contributed by atoms with Crippen LogP contribution in [0.25, 0.3) is 0 Å². The van der Waals surface area contributed by atoms with E-state index in [1.807, 2.05) is 20.8 Å². The van der Waals surface area contributed by atoms with Gasteiger partial charge in [-0.15, -0.1) is 0 Å². The Bertz CT molecular complexity index is 319. The van der Waals surface area contributed by atoms with Crippen LogP contribution >= 0.6 is 0 Å². The molecule has 0 amide bonds. The van der Waals surface area contributed by atoms with Crippen LogP contribution in [-0.2, 0) is 6.42 Å². The molecule has 0 saturated heterocycles. The van der Waals surface area contributed by atoms with Crippen molar-refractivity contribution in [1.29, 1.82) is 0 Å². The monoisotopic (exact) mass is 177 g/mol. The molecule has 0 aliphatic carbocycles. The molecule has 1 aromatic rings. The van der Waals surface area contributed by atoms with Gasteiger partial charge in [0.1, 0.15) is 0 Å². The Hall–Kier alpha value is -1.38. The third-order valence-corrected chi connectivity index (χ3v) is 1.92. The highest BCUT2D eigenvalue weighted by Gasteiger charge is 2.06. The maximum atomic E-state index is 5.51. The Kier molecular flexibility index (Phi) is 2.66. The van der Waals surface area contributed by atoms with Crippen molar-refractivity contribution in [1.82, 2.24) is 9.97 Å². The summed E-state index contributed by atoms with van der Waals surface area (Å²) in [5.41, 5.74) is 9.67. The van der Waals surface area contributed by atoms with Gasteiger partial charge in [0.05, 0.1) is 0 Å². The lowest BCUT2D eigenvalue weighted by atomic mass is 10.1. The minimum atomic E-state index is 0.348. The molecule has 0 atom stereocenters. The number of anilines is 1. The van der Waals surface area contributed by atoms with Gasteiger partial charge in [0.2, 0.25) is 5.95 Å². The third kappa shape index (κ3) is 2.28. The number of hydrogen-bond donors (Lipinski definition) is 1. The predicted molar refractivity (Wildman–Crippen MR) is 54.4 cm³/mol. The first-order chi connectivity index (χ1) is 6.00. The number of allylic oxidation sites excluding steroid dienone is 1. The maximum absolute atomic E-state index is 5.51. The second-order valence-corrected chi connectivity index (χ2v) is 3.37. The lowest BCUT2D eigenvalue weighted by molar-refractivity contribution is 0.975. The maximum Gasteiger partial charge on any atom is 0.220 e. The second kappa shape index (κ2) is 3.56. The summed E-state index contributed by atoms with van der Waals surface area (Å²) in [4.78, 5) is 8.23. The first kappa shape index (κ1) is 9.71. The van der Waals surface area contributed by atoms with Crippen molar-refractivity contribution in [2.24, 2.45) is 0 Å². The molecule has 0 saturated carbocycles. The summed E-state index contributed by atoms with van der Waals surface area (Å²) in [7, 11) is 0.